The summed E-state index contributed by atoms with van der Waals surface area (Å²) in [7, 11) is 4.93. The SMILES string of the molecule is COc1ccc(/C=C2\CCCN(PP)C2)cc1[N+](=O)[O-]. The Balaban J connectivity index is 2.24. The Morgan fingerprint density at radius 2 is 2.35 bits per heavy atom. The van der Waals surface area contributed by atoms with Gasteiger partial charge in [-0.15, -0.1) is 0 Å². The summed E-state index contributed by atoms with van der Waals surface area (Å²) in [5.41, 5.74) is 2.20. The van der Waals surface area contributed by atoms with Gasteiger partial charge in [0, 0.05) is 19.2 Å². The smallest absolute Gasteiger partial charge is 0.311 e. The first-order valence-corrected chi connectivity index (χ1v) is 9.12. The predicted molar refractivity (Wildman–Crippen MR) is 86.5 cm³/mol. The van der Waals surface area contributed by atoms with Crippen molar-refractivity contribution < 1.29 is 9.66 Å². The zero-order valence-electron chi connectivity index (χ0n) is 11.3. The molecule has 0 saturated carbocycles. The van der Waals surface area contributed by atoms with Crippen LogP contribution in [0.5, 0.6) is 5.75 Å². The Labute approximate surface area is 122 Å². The fourth-order valence-corrected chi connectivity index (χ4v) is 3.55. The number of benzene rings is 1. The minimum absolute atomic E-state index is 0.0161. The molecule has 2 atom stereocenters. The molecule has 1 aromatic rings. The number of hydrogen-bond acceptors (Lipinski definition) is 4. The minimum Gasteiger partial charge on any atom is -0.490 e. The van der Waals surface area contributed by atoms with E-state index >= 15 is 0 Å². The summed E-state index contributed by atoms with van der Waals surface area (Å²) in [6, 6.07) is 5.09. The average molecular weight is 312 g/mol. The number of nitro benzene ring substituents is 1. The van der Waals surface area contributed by atoms with Crippen molar-refractivity contribution in [3.05, 3.63) is 39.4 Å². The van der Waals surface area contributed by atoms with E-state index in [0.717, 1.165) is 39.9 Å². The van der Waals surface area contributed by atoms with E-state index in [0.29, 0.717) is 5.75 Å². The zero-order valence-corrected chi connectivity index (χ0v) is 13.5. The number of rotatable bonds is 4. The van der Waals surface area contributed by atoms with Crippen LogP contribution < -0.4 is 4.74 Å². The third-order valence-corrected chi connectivity index (χ3v) is 5.12. The van der Waals surface area contributed by atoms with E-state index in [1.165, 1.54) is 12.7 Å². The monoisotopic (exact) mass is 312 g/mol. The summed E-state index contributed by atoms with van der Waals surface area (Å²) in [5.74, 6) is 0.300. The summed E-state index contributed by atoms with van der Waals surface area (Å²) in [4.78, 5) is 10.6. The predicted octanol–water partition coefficient (Wildman–Crippen LogP) is 3.47. The molecular weight excluding hydrogens is 294 g/mol. The van der Waals surface area contributed by atoms with Crippen LogP contribution in [0.15, 0.2) is 23.8 Å². The first kappa shape index (κ1) is 15.4. The molecule has 0 aromatic heterocycles. The van der Waals surface area contributed by atoms with Gasteiger partial charge in [0.25, 0.3) is 0 Å². The van der Waals surface area contributed by atoms with Gasteiger partial charge in [0.05, 0.1) is 12.0 Å². The second-order valence-electron chi connectivity index (χ2n) is 4.65. The zero-order chi connectivity index (χ0) is 14.5. The molecule has 2 rings (SSSR count). The summed E-state index contributed by atoms with van der Waals surface area (Å²) in [6.07, 6.45) is 4.26. The van der Waals surface area contributed by atoms with Crippen LogP contribution in [0.4, 0.5) is 5.69 Å². The van der Waals surface area contributed by atoms with E-state index in [9.17, 15) is 10.1 Å². The topological polar surface area (TPSA) is 55.6 Å². The molecule has 1 heterocycles. The molecule has 0 bridgehead atoms. The number of piperidine rings is 1. The lowest BCUT2D eigenvalue weighted by molar-refractivity contribution is -0.385. The lowest BCUT2D eigenvalue weighted by Crippen LogP contribution is -2.22. The number of ether oxygens (including phenoxy) is 1. The van der Waals surface area contributed by atoms with Gasteiger partial charge in [-0.3, -0.25) is 14.8 Å². The van der Waals surface area contributed by atoms with Gasteiger partial charge in [-0.2, -0.15) is 0 Å². The van der Waals surface area contributed by atoms with E-state index in [4.69, 9.17) is 4.74 Å². The Kier molecular flexibility index (Phi) is 5.47. The van der Waals surface area contributed by atoms with Crippen molar-refractivity contribution in [2.75, 3.05) is 20.2 Å². The van der Waals surface area contributed by atoms with Crippen LogP contribution >= 0.6 is 17.3 Å². The Morgan fingerprint density at radius 3 is 3.00 bits per heavy atom. The van der Waals surface area contributed by atoms with Gasteiger partial charge >= 0.3 is 5.69 Å². The molecule has 1 aliphatic rings. The highest BCUT2D eigenvalue weighted by Gasteiger charge is 2.16. The maximum atomic E-state index is 11.0. The standard InChI is InChI=1S/C13H18N2O3P2/c1-18-13-5-4-10(8-12(13)15(16)17)7-11-3-2-6-14(9-11)20-19/h4-5,7-8,20H,2-3,6,9,19H2,1H3/b11-7+. The van der Waals surface area contributed by atoms with Crippen molar-refractivity contribution in [1.29, 1.82) is 0 Å². The van der Waals surface area contributed by atoms with Crippen molar-refractivity contribution in [2.24, 2.45) is 0 Å². The first-order chi connectivity index (χ1) is 9.63. The molecule has 20 heavy (non-hydrogen) atoms. The summed E-state index contributed by atoms with van der Waals surface area (Å²) < 4.78 is 7.39. The van der Waals surface area contributed by atoms with E-state index in [-0.39, 0.29) is 5.69 Å². The lowest BCUT2D eigenvalue weighted by Gasteiger charge is -2.26. The third kappa shape index (κ3) is 3.76. The molecule has 1 aromatic carbocycles. The highest BCUT2D eigenvalue weighted by atomic mass is 32.0. The molecule has 0 radical (unpaired) electrons. The Morgan fingerprint density at radius 1 is 1.55 bits per heavy atom. The van der Waals surface area contributed by atoms with Gasteiger partial charge in [0.1, 0.15) is 0 Å². The molecule has 2 unspecified atom stereocenters. The molecule has 0 spiro atoms. The van der Waals surface area contributed by atoms with E-state index in [1.807, 2.05) is 6.07 Å². The van der Waals surface area contributed by atoms with Gasteiger partial charge in [0.2, 0.25) is 0 Å². The van der Waals surface area contributed by atoms with Gasteiger partial charge in [-0.05, 0) is 32.9 Å². The van der Waals surface area contributed by atoms with Crippen molar-refractivity contribution in [3.8, 4) is 5.75 Å². The maximum Gasteiger partial charge on any atom is 0.311 e. The van der Waals surface area contributed by atoms with Crippen LogP contribution in [0.2, 0.25) is 0 Å². The van der Waals surface area contributed by atoms with Gasteiger partial charge in [0.15, 0.2) is 5.75 Å². The normalized spacial score (nSPS) is 18.8. The number of nitrogens with zero attached hydrogens (tertiary/aromatic N) is 2. The van der Waals surface area contributed by atoms with Crippen LogP contribution in [0.3, 0.4) is 0 Å². The third-order valence-electron chi connectivity index (χ3n) is 3.27. The minimum atomic E-state index is -0.405. The van der Waals surface area contributed by atoms with Gasteiger partial charge < -0.3 is 4.74 Å². The van der Waals surface area contributed by atoms with Crippen LogP contribution in [0.25, 0.3) is 6.08 Å². The molecule has 5 nitrogen and oxygen atoms in total. The quantitative estimate of drug-likeness (QED) is 0.485. The van der Waals surface area contributed by atoms with E-state index < -0.39 is 4.92 Å². The molecule has 1 saturated heterocycles. The molecule has 1 fully saturated rings. The second-order valence-corrected chi connectivity index (χ2v) is 6.31. The van der Waals surface area contributed by atoms with E-state index in [2.05, 4.69) is 19.7 Å². The Hall–Kier alpha value is -1.02. The molecule has 0 N–H and O–H groups in total. The number of hydrogen-bond donors (Lipinski definition) is 0. The van der Waals surface area contributed by atoms with Crippen LogP contribution in [0, 0.1) is 10.1 Å². The second kappa shape index (κ2) is 7.12. The number of methoxy groups -OCH3 is 1. The first-order valence-electron chi connectivity index (χ1n) is 6.37. The van der Waals surface area contributed by atoms with Crippen molar-refractivity contribution in [2.45, 2.75) is 12.8 Å². The fraction of sp³-hybridized carbons (Fsp3) is 0.385. The van der Waals surface area contributed by atoms with Crippen LogP contribution in [0.1, 0.15) is 18.4 Å². The molecule has 1 aliphatic heterocycles. The molecule has 7 heteroatoms. The van der Waals surface area contributed by atoms with Crippen molar-refractivity contribution in [1.82, 2.24) is 4.67 Å². The maximum absolute atomic E-state index is 11.0. The van der Waals surface area contributed by atoms with Crippen molar-refractivity contribution in [3.63, 3.8) is 0 Å². The van der Waals surface area contributed by atoms with E-state index in [1.54, 1.807) is 12.1 Å². The molecular formula is C13H18N2O3P2. The van der Waals surface area contributed by atoms with Gasteiger partial charge in [-0.25, -0.2) is 0 Å². The van der Waals surface area contributed by atoms with Crippen LogP contribution in [-0.4, -0.2) is 29.8 Å². The number of nitro groups is 1. The summed E-state index contributed by atoms with van der Waals surface area (Å²) in [6.45, 7) is 2.07. The lowest BCUT2D eigenvalue weighted by atomic mass is 10.0. The fourth-order valence-electron chi connectivity index (χ4n) is 2.30. The van der Waals surface area contributed by atoms with Gasteiger partial charge in [-0.1, -0.05) is 26.6 Å². The van der Waals surface area contributed by atoms with Crippen LogP contribution in [-0.2, 0) is 0 Å². The molecule has 108 valence electrons. The van der Waals surface area contributed by atoms with Crippen molar-refractivity contribution >= 4 is 29.1 Å². The highest BCUT2D eigenvalue weighted by molar-refractivity contribution is 8.01. The molecule has 0 amide bonds. The molecule has 0 aliphatic carbocycles. The largest absolute Gasteiger partial charge is 0.490 e. The Bertz CT molecular complexity index is 534. The average Bonchev–Trinajstić information content (AvgIpc) is 2.47. The highest BCUT2D eigenvalue weighted by Crippen LogP contribution is 2.33. The summed E-state index contributed by atoms with van der Waals surface area (Å²) in [5, 5.41) is 11.0. The summed E-state index contributed by atoms with van der Waals surface area (Å²) >= 11 is 0.